The fourth-order valence-corrected chi connectivity index (χ4v) is 2.77. The summed E-state index contributed by atoms with van der Waals surface area (Å²) in [4.78, 5) is 21.6. The minimum absolute atomic E-state index is 0.164. The third kappa shape index (κ3) is 2.59. The molecule has 1 aliphatic carbocycles. The lowest BCUT2D eigenvalue weighted by molar-refractivity contribution is 0.102. The van der Waals surface area contributed by atoms with Gasteiger partial charge in [0.1, 0.15) is 17.2 Å². The predicted molar refractivity (Wildman–Crippen MR) is 90.7 cm³/mol. The van der Waals surface area contributed by atoms with Gasteiger partial charge in [-0.25, -0.2) is 4.98 Å². The molecule has 2 aromatic rings. The smallest absolute Gasteiger partial charge is 0.227 e. The van der Waals surface area contributed by atoms with Gasteiger partial charge in [-0.15, -0.1) is 0 Å². The molecule has 0 saturated carbocycles. The molecule has 3 rings (SSSR count). The van der Waals surface area contributed by atoms with Gasteiger partial charge in [0.25, 0.3) is 0 Å². The number of fused-ring (bicyclic) bond motifs is 1. The zero-order valence-electron chi connectivity index (χ0n) is 13.6. The molecule has 5 nitrogen and oxygen atoms in total. The highest BCUT2D eigenvalue weighted by Gasteiger charge is 2.31. The lowest BCUT2D eigenvalue weighted by Crippen LogP contribution is -2.27. The largest absolute Gasteiger partial charge is 0.395 e. The average Bonchev–Trinajstić information content (AvgIpc) is 2.85. The van der Waals surface area contributed by atoms with Crippen LogP contribution in [-0.2, 0) is 13.5 Å². The van der Waals surface area contributed by atoms with E-state index < -0.39 is 0 Å². The van der Waals surface area contributed by atoms with Gasteiger partial charge in [-0.05, 0) is 25.8 Å². The van der Waals surface area contributed by atoms with Crippen molar-refractivity contribution in [3.8, 4) is 0 Å². The zero-order chi connectivity index (χ0) is 16.6. The zero-order valence-corrected chi connectivity index (χ0v) is 13.6. The number of carbonyl (C=O) groups is 1. The highest BCUT2D eigenvalue weighted by Crippen LogP contribution is 2.24. The SMILES string of the molecule is CC1=C(N)C(=O)c2c(nc(C)n2C)C1=NCCc1ccccc1. The van der Waals surface area contributed by atoms with Crippen LogP contribution in [0.15, 0.2) is 46.6 Å². The monoisotopic (exact) mass is 308 g/mol. The van der Waals surface area contributed by atoms with E-state index in [0.29, 0.717) is 23.5 Å². The topological polar surface area (TPSA) is 73.3 Å². The van der Waals surface area contributed by atoms with Crippen molar-refractivity contribution in [2.24, 2.45) is 17.8 Å². The summed E-state index contributed by atoms with van der Waals surface area (Å²) in [5.74, 6) is 0.615. The molecule has 1 aromatic carbocycles. The molecule has 0 aliphatic heterocycles. The van der Waals surface area contributed by atoms with E-state index in [-0.39, 0.29) is 11.5 Å². The van der Waals surface area contributed by atoms with Gasteiger partial charge in [0.2, 0.25) is 5.78 Å². The number of carbonyl (C=O) groups excluding carboxylic acids is 1. The highest BCUT2D eigenvalue weighted by atomic mass is 16.1. The Labute approximate surface area is 135 Å². The van der Waals surface area contributed by atoms with Crippen LogP contribution < -0.4 is 5.73 Å². The molecule has 1 aliphatic rings. The Morgan fingerprint density at radius 2 is 1.91 bits per heavy atom. The Morgan fingerprint density at radius 3 is 2.61 bits per heavy atom. The number of aromatic nitrogens is 2. The Kier molecular flexibility index (Phi) is 3.86. The predicted octanol–water partition coefficient (Wildman–Crippen LogP) is 2.19. The molecule has 0 spiro atoms. The van der Waals surface area contributed by atoms with Crippen LogP contribution in [0.25, 0.3) is 0 Å². The first-order valence-corrected chi connectivity index (χ1v) is 7.64. The lowest BCUT2D eigenvalue weighted by Gasteiger charge is -2.16. The van der Waals surface area contributed by atoms with E-state index in [4.69, 9.17) is 10.7 Å². The van der Waals surface area contributed by atoms with E-state index in [2.05, 4.69) is 17.1 Å². The number of ketones is 1. The molecular formula is C18H20N4O. The first-order valence-electron chi connectivity index (χ1n) is 7.64. The maximum absolute atomic E-state index is 12.4. The van der Waals surface area contributed by atoms with E-state index in [9.17, 15) is 4.79 Å². The van der Waals surface area contributed by atoms with Crippen molar-refractivity contribution >= 4 is 11.5 Å². The Morgan fingerprint density at radius 1 is 1.22 bits per heavy atom. The van der Waals surface area contributed by atoms with Gasteiger partial charge in [-0.3, -0.25) is 9.79 Å². The van der Waals surface area contributed by atoms with Gasteiger partial charge in [-0.1, -0.05) is 30.3 Å². The number of rotatable bonds is 3. The normalized spacial score (nSPS) is 16.1. The van der Waals surface area contributed by atoms with Gasteiger partial charge in [-0.2, -0.15) is 0 Å². The number of Topliss-reactive ketones (excluding diaryl/α,β-unsaturated/α-hetero) is 1. The van der Waals surface area contributed by atoms with Crippen molar-refractivity contribution in [1.29, 1.82) is 0 Å². The quantitative estimate of drug-likeness (QED) is 0.944. The summed E-state index contributed by atoms with van der Waals surface area (Å²) < 4.78 is 1.78. The minimum Gasteiger partial charge on any atom is -0.395 e. The number of aliphatic imine (C=N–C) groups is 1. The minimum atomic E-state index is -0.164. The molecule has 5 heteroatoms. The maximum Gasteiger partial charge on any atom is 0.227 e. The number of aryl methyl sites for hydroxylation is 1. The second-order valence-electron chi connectivity index (χ2n) is 5.75. The summed E-state index contributed by atoms with van der Waals surface area (Å²) in [7, 11) is 1.83. The van der Waals surface area contributed by atoms with E-state index in [1.165, 1.54) is 5.56 Å². The third-order valence-electron chi connectivity index (χ3n) is 4.28. The van der Waals surface area contributed by atoms with Crippen LogP contribution in [0.3, 0.4) is 0 Å². The molecule has 0 unspecified atom stereocenters. The molecule has 23 heavy (non-hydrogen) atoms. The number of benzene rings is 1. The Hall–Kier alpha value is -2.69. The van der Waals surface area contributed by atoms with Crippen LogP contribution in [-0.4, -0.2) is 27.6 Å². The van der Waals surface area contributed by atoms with Crippen molar-refractivity contribution in [2.75, 3.05) is 6.54 Å². The number of hydrogen-bond donors (Lipinski definition) is 1. The molecule has 118 valence electrons. The second-order valence-corrected chi connectivity index (χ2v) is 5.75. The van der Waals surface area contributed by atoms with Gasteiger partial charge in [0, 0.05) is 19.2 Å². The first-order chi connectivity index (χ1) is 11.0. The Balaban J connectivity index is 1.95. The summed E-state index contributed by atoms with van der Waals surface area (Å²) in [5, 5.41) is 0. The molecule has 0 fully saturated rings. The average molecular weight is 308 g/mol. The maximum atomic E-state index is 12.4. The van der Waals surface area contributed by atoms with Crippen LogP contribution in [0.1, 0.15) is 34.5 Å². The molecule has 0 saturated heterocycles. The van der Waals surface area contributed by atoms with Crippen LogP contribution >= 0.6 is 0 Å². The summed E-state index contributed by atoms with van der Waals surface area (Å²) in [6, 6.07) is 10.2. The molecular weight excluding hydrogens is 288 g/mol. The molecule has 0 bridgehead atoms. The van der Waals surface area contributed by atoms with Crippen molar-refractivity contribution in [2.45, 2.75) is 20.3 Å². The van der Waals surface area contributed by atoms with Crippen LogP contribution in [0.5, 0.6) is 0 Å². The molecule has 0 radical (unpaired) electrons. The second kappa shape index (κ2) is 5.83. The van der Waals surface area contributed by atoms with E-state index in [1.54, 1.807) is 4.57 Å². The van der Waals surface area contributed by atoms with Gasteiger partial charge >= 0.3 is 0 Å². The number of nitrogens with two attached hydrogens (primary N) is 1. The van der Waals surface area contributed by atoms with E-state index >= 15 is 0 Å². The molecule has 1 aromatic heterocycles. The van der Waals surface area contributed by atoms with E-state index in [0.717, 1.165) is 18.0 Å². The van der Waals surface area contributed by atoms with Crippen molar-refractivity contribution in [3.05, 3.63) is 64.4 Å². The van der Waals surface area contributed by atoms with Crippen LogP contribution in [0, 0.1) is 6.92 Å². The lowest BCUT2D eigenvalue weighted by atomic mass is 9.95. The summed E-state index contributed by atoms with van der Waals surface area (Å²) >= 11 is 0. The van der Waals surface area contributed by atoms with Gasteiger partial charge < -0.3 is 10.3 Å². The highest BCUT2D eigenvalue weighted by molar-refractivity contribution is 6.26. The number of hydrogen-bond acceptors (Lipinski definition) is 4. The van der Waals surface area contributed by atoms with Crippen molar-refractivity contribution in [1.82, 2.24) is 9.55 Å². The number of allylic oxidation sites excluding steroid dienone is 2. The molecule has 0 amide bonds. The standard InChI is InChI=1S/C18H20N4O/c1-11-14(19)18(23)17-16(21-12(2)22(17)3)15(11)20-10-9-13-7-5-4-6-8-13/h4-8H,9-10,19H2,1-3H3. The van der Waals surface area contributed by atoms with Crippen molar-refractivity contribution < 1.29 is 4.79 Å². The van der Waals surface area contributed by atoms with Gasteiger partial charge in [0.05, 0.1) is 11.4 Å². The molecule has 1 heterocycles. The Bertz CT molecular complexity index is 828. The fraction of sp³-hybridized carbons (Fsp3) is 0.278. The third-order valence-corrected chi connectivity index (χ3v) is 4.28. The van der Waals surface area contributed by atoms with Gasteiger partial charge in [0.15, 0.2) is 0 Å². The number of imidazole rings is 1. The summed E-state index contributed by atoms with van der Waals surface area (Å²) in [6.45, 7) is 4.34. The molecule has 0 atom stereocenters. The van der Waals surface area contributed by atoms with E-state index in [1.807, 2.05) is 39.1 Å². The first kappa shape index (κ1) is 15.2. The van der Waals surface area contributed by atoms with Crippen molar-refractivity contribution in [3.63, 3.8) is 0 Å². The molecule has 2 N–H and O–H groups in total. The summed E-state index contributed by atoms with van der Waals surface area (Å²) in [5.41, 5.74) is 10.1. The van der Waals surface area contributed by atoms with Crippen LogP contribution in [0.4, 0.5) is 0 Å². The number of nitrogens with zero attached hydrogens (tertiary/aromatic N) is 3. The summed E-state index contributed by atoms with van der Waals surface area (Å²) in [6.07, 6.45) is 0.840. The fourth-order valence-electron chi connectivity index (χ4n) is 2.77. The van der Waals surface area contributed by atoms with Crippen LogP contribution in [0.2, 0.25) is 0 Å².